The molecule has 0 unspecified atom stereocenters. The number of carbonyl (C=O) groups excluding carboxylic acids is 1. The van der Waals surface area contributed by atoms with Crippen LogP contribution in [0, 0.1) is 18.3 Å². The number of nitriles is 1. The van der Waals surface area contributed by atoms with Gasteiger partial charge in [0, 0.05) is 12.2 Å². The lowest BCUT2D eigenvalue weighted by atomic mass is 9.97. The van der Waals surface area contributed by atoms with Crippen LogP contribution in [0.3, 0.4) is 0 Å². The Morgan fingerprint density at radius 1 is 1.37 bits per heavy atom. The summed E-state index contributed by atoms with van der Waals surface area (Å²) in [6, 6.07) is 8.51. The number of nitrogens with zero attached hydrogens (tertiary/aromatic N) is 2. The molecule has 1 aromatic carbocycles. The molecule has 0 radical (unpaired) electrons. The van der Waals surface area contributed by atoms with Crippen LogP contribution in [0.4, 0.5) is 0 Å². The van der Waals surface area contributed by atoms with Crippen molar-refractivity contribution < 1.29 is 19.4 Å². The highest BCUT2D eigenvalue weighted by Gasteiger charge is 2.27. The van der Waals surface area contributed by atoms with Gasteiger partial charge in [-0.25, -0.2) is 0 Å². The maximum Gasteiger partial charge on any atom is 0.271 e. The van der Waals surface area contributed by atoms with E-state index in [-0.39, 0.29) is 29.3 Å². The third-order valence-electron chi connectivity index (χ3n) is 5.32. The number of pyridine rings is 1. The van der Waals surface area contributed by atoms with Crippen LogP contribution in [0.5, 0.6) is 11.6 Å². The van der Waals surface area contributed by atoms with Crippen molar-refractivity contribution in [1.29, 1.82) is 5.26 Å². The Bertz CT molecular complexity index is 1010. The summed E-state index contributed by atoms with van der Waals surface area (Å²) in [6.07, 6.45) is 3.36. The minimum Gasteiger partial charge on any atom is -0.494 e. The standard InChI is InChI=1S/C23H26N2O5/c1-3-4-11-29-17-9-7-16(8-10-17)21(26)20-15(2)19(13-24)22(27)25(23(20)28)14-18-6-5-12-30-18/h7-10,18,28H,3-6,11-12,14H2,1-2H3/t18-/m0/s1. The van der Waals surface area contributed by atoms with Crippen LogP contribution in [0.1, 0.15) is 59.7 Å². The second-order valence-corrected chi connectivity index (χ2v) is 7.42. The van der Waals surface area contributed by atoms with Gasteiger partial charge in [-0.15, -0.1) is 0 Å². The molecule has 1 aliphatic heterocycles. The van der Waals surface area contributed by atoms with Gasteiger partial charge in [0.2, 0.25) is 5.88 Å². The Balaban J connectivity index is 1.96. The zero-order valence-corrected chi connectivity index (χ0v) is 17.3. The SMILES string of the molecule is CCCCOc1ccc(C(=O)c2c(C)c(C#N)c(=O)n(C[C@@H]3CCCO3)c2O)cc1. The third-order valence-corrected chi connectivity index (χ3v) is 5.32. The van der Waals surface area contributed by atoms with Gasteiger partial charge in [-0.3, -0.25) is 14.2 Å². The summed E-state index contributed by atoms with van der Waals surface area (Å²) in [5, 5.41) is 20.3. The normalized spacial score (nSPS) is 15.7. The number of carbonyl (C=O) groups is 1. The molecule has 0 amide bonds. The van der Waals surface area contributed by atoms with E-state index >= 15 is 0 Å². The summed E-state index contributed by atoms with van der Waals surface area (Å²) in [7, 11) is 0. The number of rotatable bonds is 8. The maximum atomic E-state index is 13.2. The molecule has 7 heteroatoms. The lowest BCUT2D eigenvalue weighted by molar-refractivity contribution is 0.0929. The molecule has 3 rings (SSSR count). The van der Waals surface area contributed by atoms with Crippen molar-refractivity contribution in [3.05, 3.63) is 56.9 Å². The minimum absolute atomic E-state index is 0.0381. The molecular formula is C23H26N2O5. The average molecular weight is 410 g/mol. The van der Waals surface area contributed by atoms with Crippen LogP contribution in [-0.4, -0.2) is 34.8 Å². The largest absolute Gasteiger partial charge is 0.494 e. The van der Waals surface area contributed by atoms with Gasteiger partial charge in [0.25, 0.3) is 5.56 Å². The lowest BCUT2D eigenvalue weighted by Gasteiger charge is -2.18. The first-order chi connectivity index (χ1) is 14.5. The van der Waals surface area contributed by atoms with Gasteiger partial charge < -0.3 is 14.6 Å². The van der Waals surface area contributed by atoms with Crippen LogP contribution < -0.4 is 10.3 Å². The van der Waals surface area contributed by atoms with E-state index in [1.54, 1.807) is 24.3 Å². The Labute approximate surface area is 175 Å². The number of ketones is 1. The minimum atomic E-state index is -0.612. The molecule has 1 atom stereocenters. The van der Waals surface area contributed by atoms with Crippen molar-refractivity contribution in [2.24, 2.45) is 0 Å². The Morgan fingerprint density at radius 3 is 2.70 bits per heavy atom. The van der Waals surface area contributed by atoms with E-state index in [1.807, 2.05) is 6.07 Å². The first kappa shape index (κ1) is 21.6. The summed E-state index contributed by atoms with van der Waals surface area (Å²) in [5.74, 6) is -0.231. The molecule has 0 saturated carbocycles. The molecule has 0 bridgehead atoms. The molecule has 1 fully saturated rings. The summed E-state index contributed by atoms with van der Waals surface area (Å²) < 4.78 is 12.3. The van der Waals surface area contributed by atoms with Crippen molar-refractivity contribution >= 4 is 5.78 Å². The van der Waals surface area contributed by atoms with Crippen LogP contribution >= 0.6 is 0 Å². The third kappa shape index (κ3) is 4.39. The summed E-state index contributed by atoms with van der Waals surface area (Å²) in [6.45, 7) is 4.88. The second kappa shape index (κ2) is 9.59. The van der Waals surface area contributed by atoms with E-state index in [0.29, 0.717) is 24.5 Å². The molecule has 0 aliphatic carbocycles. The van der Waals surface area contributed by atoms with Crippen molar-refractivity contribution in [2.45, 2.75) is 52.2 Å². The van der Waals surface area contributed by atoms with Gasteiger partial charge in [0.15, 0.2) is 5.78 Å². The fraction of sp³-hybridized carbons (Fsp3) is 0.435. The summed E-state index contributed by atoms with van der Waals surface area (Å²) in [5.41, 5.74) is -0.281. The van der Waals surface area contributed by atoms with E-state index in [9.17, 15) is 20.0 Å². The number of aromatic nitrogens is 1. The smallest absolute Gasteiger partial charge is 0.271 e. The fourth-order valence-electron chi connectivity index (χ4n) is 3.57. The number of hydrogen-bond acceptors (Lipinski definition) is 6. The number of unbranched alkanes of at least 4 members (excludes halogenated alkanes) is 1. The quantitative estimate of drug-likeness (QED) is 0.529. The Morgan fingerprint density at radius 2 is 2.10 bits per heavy atom. The number of ether oxygens (including phenoxy) is 2. The monoisotopic (exact) mass is 410 g/mol. The number of benzene rings is 1. The van der Waals surface area contributed by atoms with E-state index in [4.69, 9.17) is 9.47 Å². The second-order valence-electron chi connectivity index (χ2n) is 7.42. The zero-order chi connectivity index (χ0) is 21.7. The van der Waals surface area contributed by atoms with Crippen LogP contribution in [-0.2, 0) is 11.3 Å². The summed E-state index contributed by atoms with van der Waals surface area (Å²) >= 11 is 0. The number of aromatic hydroxyl groups is 1. The molecule has 1 saturated heterocycles. The highest BCUT2D eigenvalue weighted by Crippen LogP contribution is 2.27. The van der Waals surface area contributed by atoms with Crippen molar-refractivity contribution in [1.82, 2.24) is 4.57 Å². The van der Waals surface area contributed by atoms with Crippen molar-refractivity contribution in [3.63, 3.8) is 0 Å². The topological polar surface area (TPSA) is 102 Å². The highest BCUT2D eigenvalue weighted by molar-refractivity contribution is 6.11. The molecule has 2 heterocycles. The Hall–Kier alpha value is -3.11. The molecular weight excluding hydrogens is 384 g/mol. The van der Waals surface area contributed by atoms with Crippen LogP contribution in [0.25, 0.3) is 0 Å². The number of hydrogen-bond donors (Lipinski definition) is 1. The van der Waals surface area contributed by atoms with Crippen LogP contribution in [0.2, 0.25) is 0 Å². The first-order valence-corrected chi connectivity index (χ1v) is 10.2. The van der Waals surface area contributed by atoms with Gasteiger partial charge in [-0.2, -0.15) is 5.26 Å². The average Bonchev–Trinajstić information content (AvgIpc) is 3.25. The fourth-order valence-corrected chi connectivity index (χ4v) is 3.57. The molecule has 1 aliphatic rings. The molecule has 2 aromatic rings. The predicted octanol–water partition coefficient (Wildman–Crippen LogP) is 3.32. The Kier molecular flexibility index (Phi) is 6.91. The van der Waals surface area contributed by atoms with Gasteiger partial charge >= 0.3 is 0 Å². The molecule has 7 nitrogen and oxygen atoms in total. The first-order valence-electron chi connectivity index (χ1n) is 10.2. The van der Waals surface area contributed by atoms with Gasteiger partial charge in [-0.1, -0.05) is 13.3 Å². The van der Waals surface area contributed by atoms with Crippen molar-refractivity contribution in [3.8, 4) is 17.7 Å². The predicted molar refractivity (Wildman–Crippen MR) is 111 cm³/mol. The van der Waals surface area contributed by atoms with Crippen LogP contribution in [0.15, 0.2) is 29.1 Å². The van der Waals surface area contributed by atoms with E-state index in [2.05, 4.69) is 6.92 Å². The molecule has 1 N–H and O–H groups in total. The molecule has 158 valence electrons. The van der Waals surface area contributed by atoms with E-state index in [0.717, 1.165) is 30.3 Å². The van der Waals surface area contributed by atoms with Gasteiger partial charge in [-0.05, 0) is 56.0 Å². The summed E-state index contributed by atoms with van der Waals surface area (Å²) in [4.78, 5) is 25.9. The molecule has 1 aromatic heterocycles. The van der Waals surface area contributed by atoms with Gasteiger partial charge in [0.05, 0.1) is 24.8 Å². The van der Waals surface area contributed by atoms with E-state index < -0.39 is 17.2 Å². The maximum absolute atomic E-state index is 13.2. The molecule has 0 spiro atoms. The van der Waals surface area contributed by atoms with E-state index in [1.165, 1.54) is 6.92 Å². The van der Waals surface area contributed by atoms with Crippen molar-refractivity contribution in [2.75, 3.05) is 13.2 Å². The lowest BCUT2D eigenvalue weighted by Crippen LogP contribution is -2.30. The highest BCUT2D eigenvalue weighted by atomic mass is 16.5. The molecule has 30 heavy (non-hydrogen) atoms. The van der Waals surface area contributed by atoms with Gasteiger partial charge in [0.1, 0.15) is 17.4 Å². The zero-order valence-electron chi connectivity index (χ0n) is 17.3.